The van der Waals surface area contributed by atoms with Crippen LogP contribution in [0.3, 0.4) is 0 Å². The molecular weight excluding hydrogens is 158 g/mol. The minimum atomic E-state index is 0.710. The lowest BCUT2D eigenvalue weighted by Gasteiger charge is -1.93. The maximum Gasteiger partial charge on any atom is 0.0480 e. The van der Waals surface area contributed by atoms with Crippen LogP contribution in [0.15, 0.2) is 30.5 Å². The van der Waals surface area contributed by atoms with E-state index in [0.717, 1.165) is 0 Å². The van der Waals surface area contributed by atoms with E-state index in [4.69, 9.17) is 6.42 Å². The predicted molar refractivity (Wildman–Crippen MR) is 55.5 cm³/mol. The highest BCUT2D eigenvalue weighted by molar-refractivity contribution is 5.84. The molecule has 2 aromatic rings. The number of hydrogen-bond donors (Lipinski definition) is 0. The molecule has 13 heavy (non-hydrogen) atoms. The molecule has 2 rings (SSSR count). The monoisotopic (exact) mass is 169 g/mol. The Morgan fingerprint density at radius 2 is 2.15 bits per heavy atom. The van der Waals surface area contributed by atoms with Crippen molar-refractivity contribution in [1.82, 2.24) is 4.57 Å². The fourth-order valence-electron chi connectivity index (χ4n) is 1.68. The Labute approximate surface area is 78.0 Å². The Morgan fingerprint density at radius 1 is 1.38 bits per heavy atom. The molecule has 1 aromatic carbocycles. The molecule has 0 fully saturated rings. The topological polar surface area (TPSA) is 4.93 Å². The summed E-state index contributed by atoms with van der Waals surface area (Å²) in [4.78, 5) is 0. The second-order valence-corrected chi connectivity index (χ2v) is 3.16. The zero-order valence-corrected chi connectivity index (χ0v) is 7.62. The van der Waals surface area contributed by atoms with Crippen LogP contribution in [0.25, 0.3) is 10.9 Å². The van der Waals surface area contributed by atoms with Crippen LogP contribution in [0.4, 0.5) is 0 Å². The van der Waals surface area contributed by atoms with E-state index in [2.05, 4.69) is 28.8 Å². The van der Waals surface area contributed by atoms with Crippen molar-refractivity contribution in [3.05, 3.63) is 36.0 Å². The van der Waals surface area contributed by atoms with E-state index in [-0.39, 0.29) is 0 Å². The van der Waals surface area contributed by atoms with E-state index in [9.17, 15) is 0 Å². The van der Waals surface area contributed by atoms with Crippen molar-refractivity contribution in [3.63, 3.8) is 0 Å². The van der Waals surface area contributed by atoms with Gasteiger partial charge >= 0.3 is 0 Å². The van der Waals surface area contributed by atoms with Gasteiger partial charge in [-0.2, -0.15) is 0 Å². The van der Waals surface area contributed by atoms with Gasteiger partial charge in [0.2, 0.25) is 0 Å². The molecule has 0 aliphatic rings. The van der Waals surface area contributed by atoms with Gasteiger partial charge in [-0.15, -0.1) is 12.3 Å². The van der Waals surface area contributed by atoms with Crippen LogP contribution >= 0.6 is 0 Å². The minimum Gasteiger partial charge on any atom is -0.350 e. The molecular formula is C12H11N. The number of rotatable bonds is 1. The Kier molecular flexibility index (Phi) is 1.83. The first kappa shape index (κ1) is 7.94. The van der Waals surface area contributed by atoms with Crippen LogP contribution in [0.1, 0.15) is 5.56 Å². The van der Waals surface area contributed by atoms with E-state index < -0.39 is 0 Å². The van der Waals surface area contributed by atoms with Crippen LogP contribution in [-0.2, 0) is 13.5 Å². The smallest absolute Gasteiger partial charge is 0.0480 e. The first-order chi connectivity index (χ1) is 6.33. The van der Waals surface area contributed by atoms with E-state index in [0.29, 0.717) is 6.42 Å². The summed E-state index contributed by atoms with van der Waals surface area (Å²) in [5, 5.41) is 1.27. The van der Waals surface area contributed by atoms with Gasteiger partial charge < -0.3 is 4.57 Å². The van der Waals surface area contributed by atoms with Gasteiger partial charge in [0.25, 0.3) is 0 Å². The maximum atomic E-state index is 5.30. The van der Waals surface area contributed by atoms with Crippen LogP contribution in [0, 0.1) is 12.3 Å². The summed E-state index contributed by atoms with van der Waals surface area (Å²) >= 11 is 0. The molecule has 0 bridgehead atoms. The molecule has 1 heteroatoms. The number of benzene rings is 1. The molecule has 0 atom stereocenters. The standard InChI is InChI=1S/C12H11N/c1-3-6-10-9-13(2)12-8-5-4-7-11(10)12/h1,4-5,7-9H,6H2,2H3. The van der Waals surface area contributed by atoms with Gasteiger partial charge in [-0.25, -0.2) is 0 Å². The summed E-state index contributed by atoms with van der Waals surface area (Å²) < 4.78 is 2.11. The number of aromatic nitrogens is 1. The Bertz CT molecular complexity index is 471. The Morgan fingerprint density at radius 3 is 2.92 bits per heavy atom. The lowest BCUT2D eigenvalue weighted by molar-refractivity contribution is 0.961. The highest BCUT2D eigenvalue weighted by Crippen LogP contribution is 2.20. The second kappa shape index (κ2) is 2.99. The number of fused-ring (bicyclic) bond motifs is 1. The molecule has 0 saturated carbocycles. The lowest BCUT2D eigenvalue weighted by Crippen LogP contribution is -1.82. The van der Waals surface area contributed by atoms with E-state index in [1.807, 2.05) is 19.2 Å². The van der Waals surface area contributed by atoms with E-state index in [1.165, 1.54) is 16.5 Å². The molecule has 0 unspecified atom stereocenters. The van der Waals surface area contributed by atoms with Gasteiger partial charge in [0.15, 0.2) is 0 Å². The predicted octanol–water partition coefficient (Wildman–Crippen LogP) is 2.35. The van der Waals surface area contributed by atoms with Crippen LogP contribution in [0.2, 0.25) is 0 Å². The summed E-state index contributed by atoms with van der Waals surface area (Å²) in [5.41, 5.74) is 2.48. The first-order valence-electron chi connectivity index (χ1n) is 4.29. The lowest BCUT2D eigenvalue weighted by atomic mass is 10.1. The van der Waals surface area contributed by atoms with Gasteiger partial charge in [0.05, 0.1) is 0 Å². The zero-order chi connectivity index (χ0) is 9.26. The zero-order valence-electron chi connectivity index (χ0n) is 7.62. The summed E-state index contributed by atoms with van der Waals surface area (Å²) in [6.07, 6.45) is 8.11. The van der Waals surface area contributed by atoms with Crippen molar-refractivity contribution in [2.75, 3.05) is 0 Å². The molecule has 1 heterocycles. The van der Waals surface area contributed by atoms with Gasteiger partial charge in [0, 0.05) is 30.6 Å². The largest absolute Gasteiger partial charge is 0.350 e. The van der Waals surface area contributed by atoms with Gasteiger partial charge in [0.1, 0.15) is 0 Å². The van der Waals surface area contributed by atoms with Crippen LogP contribution in [-0.4, -0.2) is 4.57 Å². The van der Waals surface area contributed by atoms with Gasteiger partial charge in [-0.3, -0.25) is 0 Å². The number of terminal acetylenes is 1. The molecule has 0 saturated heterocycles. The molecule has 1 nitrogen and oxygen atoms in total. The molecule has 0 aliphatic carbocycles. The number of hydrogen-bond acceptors (Lipinski definition) is 0. The normalized spacial score (nSPS) is 10.2. The third-order valence-electron chi connectivity index (χ3n) is 2.27. The highest BCUT2D eigenvalue weighted by Gasteiger charge is 2.03. The maximum absolute atomic E-state index is 5.30. The molecule has 0 radical (unpaired) electrons. The average molecular weight is 169 g/mol. The third kappa shape index (κ3) is 1.21. The van der Waals surface area contributed by atoms with Crippen molar-refractivity contribution >= 4 is 10.9 Å². The summed E-state index contributed by atoms with van der Waals surface area (Å²) in [7, 11) is 2.04. The van der Waals surface area contributed by atoms with E-state index >= 15 is 0 Å². The second-order valence-electron chi connectivity index (χ2n) is 3.16. The average Bonchev–Trinajstić information content (AvgIpc) is 2.46. The molecule has 0 amide bonds. The van der Waals surface area contributed by atoms with Gasteiger partial charge in [-0.1, -0.05) is 18.2 Å². The quantitative estimate of drug-likeness (QED) is 0.577. The molecule has 0 aliphatic heterocycles. The molecule has 0 spiro atoms. The number of aryl methyl sites for hydroxylation is 1. The van der Waals surface area contributed by atoms with Gasteiger partial charge in [-0.05, 0) is 11.6 Å². The molecule has 64 valence electrons. The summed E-state index contributed by atoms with van der Waals surface area (Å²) in [6.45, 7) is 0. The number of nitrogens with zero attached hydrogens (tertiary/aromatic N) is 1. The fourth-order valence-corrected chi connectivity index (χ4v) is 1.68. The molecule has 1 aromatic heterocycles. The van der Waals surface area contributed by atoms with Crippen molar-refractivity contribution in [3.8, 4) is 12.3 Å². The SMILES string of the molecule is C#CCc1cn(C)c2ccccc12. The first-order valence-corrected chi connectivity index (χ1v) is 4.29. The van der Waals surface area contributed by atoms with Crippen LogP contribution in [0.5, 0.6) is 0 Å². The van der Waals surface area contributed by atoms with Crippen molar-refractivity contribution < 1.29 is 0 Å². The van der Waals surface area contributed by atoms with Crippen molar-refractivity contribution in [2.24, 2.45) is 7.05 Å². The summed E-state index contributed by atoms with van der Waals surface area (Å²) in [6, 6.07) is 8.31. The Balaban J connectivity index is 2.72. The fraction of sp³-hybridized carbons (Fsp3) is 0.167. The van der Waals surface area contributed by atoms with Crippen LogP contribution < -0.4 is 0 Å². The van der Waals surface area contributed by atoms with Crippen molar-refractivity contribution in [2.45, 2.75) is 6.42 Å². The van der Waals surface area contributed by atoms with Crippen molar-refractivity contribution in [1.29, 1.82) is 0 Å². The highest BCUT2D eigenvalue weighted by atomic mass is 14.9. The summed E-state index contributed by atoms with van der Waals surface area (Å²) in [5.74, 6) is 2.68. The minimum absolute atomic E-state index is 0.710. The Hall–Kier alpha value is -1.68. The third-order valence-corrected chi connectivity index (χ3v) is 2.27. The number of para-hydroxylation sites is 1. The van der Waals surface area contributed by atoms with E-state index in [1.54, 1.807) is 0 Å². The molecule has 0 N–H and O–H groups in total.